The first-order valence-corrected chi connectivity index (χ1v) is 28.5. The van der Waals surface area contributed by atoms with E-state index in [4.69, 9.17) is 44.8 Å². The second-order valence-electron chi connectivity index (χ2n) is 22.4. The van der Waals surface area contributed by atoms with E-state index in [9.17, 15) is 43.5 Å². The van der Waals surface area contributed by atoms with E-state index in [0.29, 0.717) is 37.3 Å². The average Bonchev–Trinajstić information content (AvgIpc) is 3.97. The number of ether oxygens (including phenoxy) is 7. The van der Waals surface area contributed by atoms with Gasteiger partial charge in [-0.05, 0) is 85.4 Å². The average molecular weight is 1160 g/mol. The molecule has 0 aliphatic carbocycles. The minimum atomic E-state index is -1.89. The number of thiol groups is 1. The molecule has 21 nitrogen and oxygen atoms in total. The third-order valence-electron chi connectivity index (χ3n) is 15.5. The van der Waals surface area contributed by atoms with Crippen molar-refractivity contribution in [2.75, 3.05) is 65.3 Å². The largest absolute Gasteiger partial charge is 0.495 e. The third-order valence-corrected chi connectivity index (χ3v) is 17.5. The van der Waals surface area contributed by atoms with Crippen LogP contribution in [0.3, 0.4) is 0 Å². The first-order valence-electron chi connectivity index (χ1n) is 26.6. The number of benzene rings is 1. The lowest BCUT2D eigenvalue weighted by Gasteiger charge is -2.42. The van der Waals surface area contributed by atoms with Crippen molar-refractivity contribution in [2.45, 2.75) is 170 Å². The molecule has 24 heteroatoms. The number of epoxide rings is 1. The topological polar surface area (TPSA) is 250 Å². The van der Waals surface area contributed by atoms with E-state index in [0.717, 1.165) is 11.1 Å². The summed E-state index contributed by atoms with van der Waals surface area (Å²) in [6.45, 7) is 15.0. The number of nitrogens with zero attached hydrogens (tertiary/aromatic N) is 4. The van der Waals surface area contributed by atoms with Crippen LogP contribution in [0.25, 0.3) is 0 Å². The summed E-state index contributed by atoms with van der Waals surface area (Å²) >= 11 is 12.2. The maximum Gasteiger partial charge on any atom is 0.409 e. The number of rotatable bonds is 20. The molecule has 5 aliphatic rings. The summed E-state index contributed by atoms with van der Waals surface area (Å²) < 4.78 is 41.7. The zero-order chi connectivity index (χ0) is 58.5. The SMILES string of the molecule is COc1cc2cc(c1Cl)N(C)C(=O)C[C@H](OC(=O)[C@H](C)N(C)C(=O)CCSC1CC(=O)N(CCOC(C)(C)CCOC(C)(C)CCN3C(=O)CC(S)C3=O)C1=O)[C@]1(C)O[C@H]1[C@H](C)[C@@H]1C[C@@](O)(NC(=O)O1)[C@H](OC)/C=C/C=C(\C)C2. The first-order chi connectivity index (χ1) is 36.9. The summed E-state index contributed by atoms with van der Waals surface area (Å²) in [6.07, 6.45) is 1.22. The van der Waals surface area contributed by atoms with E-state index in [2.05, 4.69) is 17.9 Å². The number of hydrogen-bond acceptors (Lipinski definition) is 18. The Kier molecular flexibility index (Phi) is 20.9. The molecule has 0 radical (unpaired) electrons. The van der Waals surface area contributed by atoms with Gasteiger partial charge in [-0.15, -0.1) is 11.8 Å². The summed E-state index contributed by atoms with van der Waals surface area (Å²) in [5, 5.41) is 13.2. The van der Waals surface area contributed by atoms with Crippen LogP contribution >= 0.6 is 36.0 Å². The van der Waals surface area contributed by atoms with E-state index in [1.165, 1.54) is 59.6 Å². The fraction of sp³-hybridized carbons (Fsp3) is 0.673. The zero-order valence-electron chi connectivity index (χ0n) is 47.3. The molecule has 2 unspecified atom stereocenters. The summed E-state index contributed by atoms with van der Waals surface area (Å²) in [4.78, 5) is 111. The number of methoxy groups -OCH3 is 2. The number of likely N-dealkylation sites (tertiary alicyclic amines) is 2. The van der Waals surface area contributed by atoms with Crippen LogP contribution in [0, 0.1) is 5.92 Å². The van der Waals surface area contributed by atoms with Crippen molar-refractivity contribution in [3.8, 4) is 5.75 Å². The van der Waals surface area contributed by atoms with Gasteiger partial charge in [-0.3, -0.25) is 43.9 Å². The van der Waals surface area contributed by atoms with Gasteiger partial charge in [0, 0.05) is 65.1 Å². The molecule has 0 spiro atoms. The second-order valence-corrected chi connectivity index (χ2v) is 24.7. The number of fused-ring (bicyclic) bond motifs is 5. The smallest absolute Gasteiger partial charge is 0.409 e. The number of esters is 1. The molecular formula is C55H78ClN5O16S2. The summed E-state index contributed by atoms with van der Waals surface area (Å²) in [5.74, 6) is -3.16. The van der Waals surface area contributed by atoms with Crippen molar-refractivity contribution in [3.63, 3.8) is 0 Å². The van der Waals surface area contributed by atoms with Crippen LogP contribution in [0.1, 0.15) is 106 Å². The number of amides is 7. The number of aliphatic hydroxyl groups is 1. The van der Waals surface area contributed by atoms with Crippen LogP contribution in [-0.2, 0) is 68.4 Å². The Morgan fingerprint density at radius 3 is 2.29 bits per heavy atom. The van der Waals surface area contributed by atoms with Gasteiger partial charge in [-0.25, -0.2) is 9.59 Å². The Labute approximate surface area is 477 Å². The van der Waals surface area contributed by atoms with Gasteiger partial charge in [0.2, 0.25) is 35.4 Å². The number of carbonyl (C=O) groups is 8. The number of thioether (sulfide) groups is 1. The van der Waals surface area contributed by atoms with Crippen LogP contribution in [0.5, 0.6) is 5.75 Å². The van der Waals surface area contributed by atoms with E-state index in [1.54, 1.807) is 45.2 Å². The molecule has 10 atom stereocenters. The zero-order valence-corrected chi connectivity index (χ0v) is 49.8. The number of hydrogen-bond donors (Lipinski definition) is 3. The van der Waals surface area contributed by atoms with Gasteiger partial charge in [0.05, 0.1) is 66.8 Å². The Balaban J connectivity index is 1.05. The van der Waals surface area contributed by atoms with Gasteiger partial charge in [0.1, 0.15) is 40.7 Å². The van der Waals surface area contributed by atoms with Crippen molar-refractivity contribution in [1.29, 1.82) is 0 Å². The van der Waals surface area contributed by atoms with Crippen molar-refractivity contribution in [3.05, 3.63) is 46.5 Å². The number of halogens is 1. The molecule has 4 bridgehead atoms. The molecule has 4 saturated heterocycles. The molecule has 5 heterocycles. The molecule has 6 rings (SSSR count). The molecule has 5 aliphatic heterocycles. The molecule has 2 N–H and O–H groups in total. The molecular weight excluding hydrogens is 1090 g/mol. The third kappa shape index (κ3) is 15.4. The van der Waals surface area contributed by atoms with Gasteiger partial charge in [-0.1, -0.05) is 42.3 Å². The lowest BCUT2D eigenvalue weighted by molar-refractivity contribution is -0.162. The number of alkyl carbamates (subject to hydrolysis) is 1. The maximum atomic E-state index is 14.4. The Hall–Kier alpha value is -4.75. The normalized spacial score (nSPS) is 29.4. The van der Waals surface area contributed by atoms with E-state index in [-0.39, 0.29) is 79.8 Å². The molecule has 0 saturated carbocycles. The number of allylic oxidation sites excluding steroid dienone is 3. The second kappa shape index (κ2) is 26.0. The fourth-order valence-corrected chi connectivity index (χ4v) is 11.8. The molecule has 0 aromatic heterocycles. The molecule has 438 valence electrons. The van der Waals surface area contributed by atoms with Gasteiger partial charge < -0.3 is 48.1 Å². The number of anilines is 1. The molecule has 1 aromatic carbocycles. The molecule has 79 heavy (non-hydrogen) atoms. The Morgan fingerprint density at radius 1 is 0.975 bits per heavy atom. The highest BCUT2D eigenvalue weighted by Crippen LogP contribution is 2.49. The Morgan fingerprint density at radius 2 is 1.63 bits per heavy atom. The van der Waals surface area contributed by atoms with E-state index >= 15 is 0 Å². The predicted molar refractivity (Wildman–Crippen MR) is 297 cm³/mol. The molecule has 4 fully saturated rings. The van der Waals surface area contributed by atoms with Crippen LogP contribution < -0.4 is 15.0 Å². The fourth-order valence-electron chi connectivity index (χ4n) is 10.1. The first kappa shape index (κ1) is 63.4. The van der Waals surface area contributed by atoms with E-state index < -0.39 is 99.7 Å². The monoisotopic (exact) mass is 1160 g/mol. The minimum absolute atomic E-state index is 0.0389. The van der Waals surface area contributed by atoms with E-state index in [1.807, 2.05) is 40.7 Å². The summed E-state index contributed by atoms with van der Waals surface area (Å²) in [6, 6.07) is 2.38. The Bertz CT molecular complexity index is 2570. The summed E-state index contributed by atoms with van der Waals surface area (Å²) in [5.41, 5.74) is -2.51. The predicted octanol–water partition coefficient (Wildman–Crippen LogP) is 5.19. The lowest BCUT2D eigenvalue weighted by Crippen LogP contribution is -2.63. The van der Waals surface area contributed by atoms with Gasteiger partial charge >= 0.3 is 12.1 Å². The van der Waals surface area contributed by atoms with Crippen molar-refractivity contribution in [1.82, 2.24) is 20.0 Å². The van der Waals surface area contributed by atoms with Crippen molar-refractivity contribution in [2.24, 2.45) is 5.92 Å². The quantitative estimate of drug-likeness (QED) is 0.0657. The number of imide groups is 2. The van der Waals surface area contributed by atoms with Gasteiger partial charge in [0.15, 0.2) is 5.72 Å². The number of likely N-dealkylation sites (N-methyl/N-ethyl adjacent to an activating group) is 1. The highest BCUT2D eigenvalue weighted by molar-refractivity contribution is 8.00. The van der Waals surface area contributed by atoms with Gasteiger partial charge in [0.25, 0.3) is 0 Å². The van der Waals surface area contributed by atoms with Gasteiger partial charge in [-0.2, -0.15) is 12.6 Å². The lowest BCUT2D eigenvalue weighted by atomic mass is 9.83. The molecule has 1 aromatic rings. The summed E-state index contributed by atoms with van der Waals surface area (Å²) in [7, 11) is 5.86. The van der Waals surface area contributed by atoms with Crippen LogP contribution in [0.15, 0.2) is 35.9 Å². The van der Waals surface area contributed by atoms with Crippen LogP contribution in [0.2, 0.25) is 5.02 Å². The highest BCUT2D eigenvalue weighted by Gasteiger charge is 2.64. The van der Waals surface area contributed by atoms with Crippen LogP contribution in [0.4, 0.5) is 10.5 Å². The maximum absolute atomic E-state index is 14.4. The van der Waals surface area contributed by atoms with Crippen LogP contribution in [-0.4, -0.2) is 191 Å². The minimum Gasteiger partial charge on any atom is -0.495 e. The molecule has 7 amide bonds. The standard InChI is InChI=1S/C55H78ClN5O16S2/c1-31-14-13-15-40(72-12)55(70)30-37(75-51(69)57-55)32(2)47-54(8,77-47)41(29-43(63)59(10)35-25-34(24-31)26-36(71-11)46(35)56)76-50(68)33(3)58(9)42(62)16-23-79-39-28-45(65)61(49(39)67)20-22-74-53(6,7)18-21-73-52(4,5)17-19-60-44(64)27-38(78)48(60)66/h13-15,25-26,32-33,37-41,47,70,78H,16-24,27-30H2,1-12H3,(H,57,69)/b15-13+,31-14+/t32-,33+,37+,38?,39?,40-,41+,47+,54+,55+/m1/s1. The number of nitrogens with one attached hydrogen (secondary N) is 1. The van der Waals surface area contributed by atoms with Crippen molar-refractivity contribution < 1.29 is 76.6 Å². The number of carbonyl (C=O) groups excluding carboxylic acids is 8. The van der Waals surface area contributed by atoms with Crippen molar-refractivity contribution >= 4 is 89.2 Å². The highest BCUT2D eigenvalue weighted by atomic mass is 35.5.